The van der Waals surface area contributed by atoms with Gasteiger partial charge in [-0.05, 0) is 38.3 Å². The number of nitrogens with one attached hydrogen (secondary N) is 2. The molecule has 140 valence electrons. The van der Waals surface area contributed by atoms with E-state index in [1.807, 2.05) is 13.8 Å². The first-order chi connectivity index (χ1) is 12.3. The third kappa shape index (κ3) is 4.23. The highest BCUT2D eigenvalue weighted by Crippen LogP contribution is 2.41. The number of halogens is 4. The first-order valence-electron chi connectivity index (χ1n) is 8.56. The molecule has 0 aliphatic heterocycles. The summed E-state index contributed by atoms with van der Waals surface area (Å²) in [6.45, 7) is 3.95. The van der Waals surface area contributed by atoms with Crippen LogP contribution in [0.2, 0.25) is 0 Å². The molecular formula is C18H20F4N4. The molecule has 1 aromatic heterocycles. The highest BCUT2D eigenvalue weighted by atomic mass is 19.4. The van der Waals surface area contributed by atoms with Crippen molar-refractivity contribution in [2.45, 2.75) is 51.2 Å². The zero-order chi connectivity index (χ0) is 18.9. The Bertz CT molecular complexity index is 787. The molecule has 1 heterocycles. The smallest absolute Gasteiger partial charge is 0.352 e. The predicted molar refractivity (Wildman–Crippen MR) is 92.1 cm³/mol. The van der Waals surface area contributed by atoms with Crippen molar-refractivity contribution in [1.82, 2.24) is 9.97 Å². The van der Waals surface area contributed by atoms with Crippen LogP contribution in [0.3, 0.4) is 0 Å². The molecule has 26 heavy (non-hydrogen) atoms. The van der Waals surface area contributed by atoms with Crippen LogP contribution < -0.4 is 10.6 Å². The van der Waals surface area contributed by atoms with Crippen molar-refractivity contribution in [3.8, 4) is 0 Å². The van der Waals surface area contributed by atoms with E-state index in [0.29, 0.717) is 5.95 Å². The van der Waals surface area contributed by atoms with Crippen LogP contribution in [0.15, 0.2) is 24.3 Å². The summed E-state index contributed by atoms with van der Waals surface area (Å²) < 4.78 is 53.7. The van der Waals surface area contributed by atoms with Crippen molar-refractivity contribution >= 4 is 17.5 Å². The van der Waals surface area contributed by atoms with Crippen molar-refractivity contribution in [2.24, 2.45) is 0 Å². The van der Waals surface area contributed by atoms with E-state index in [1.165, 1.54) is 0 Å². The number of aromatic nitrogens is 2. The van der Waals surface area contributed by atoms with Gasteiger partial charge in [-0.1, -0.05) is 13.0 Å². The quantitative estimate of drug-likeness (QED) is 0.664. The van der Waals surface area contributed by atoms with Crippen molar-refractivity contribution in [3.63, 3.8) is 0 Å². The molecule has 2 aromatic rings. The van der Waals surface area contributed by atoms with Crippen molar-refractivity contribution in [2.75, 3.05) is 10.6 Å². The monoisotopic (exact) mass is 368 g/mol. The molecule has 0 saturated heterocycles. The molecule has 0 unspecified atom stereocenters. The summed E-state index contributed by atoms with van der Waals surface area (Å²) in [6, 6.07) is 4.56. The average molecular weight is 368 g/mol. The van der Waals surface area contributed by atoms with Gasteiger partial charge < -0.3 is 10.6 Å². The van der Waals surface area contributed by atoms with Crippen LogP contribution in [-0.4, -0.2) is 16.0 Å². The summed E-state index contributed by atoms with van der Waals surface area (Å²) in [5.41, 5.74) is -0.950. The van der Waals surface area contributed by atoms with Crippen LogP contribution in [-0.2, 0) is 6.18 Å². The topological polar surface area (TPSA) is 49.8 Å². The van der Waals surface area contributed by atoms with Gasteiger partial charge in [0.05, 0.1) is 16.9 Å². The average Bonchev–Trinajstić information content (AvgIpc) is 3.40. The standard InChI is InChI=1S/C18H20F4N4/c1-3-10(2)23-17-24-14(11-7-8-11)9-15(26-17)25-16-12(18(20,21)22)5-4-6-13(16)19/h4-6,9-11H,3,7-8H2,1-2H3,(H2,23,24,25,26)/t10-/m1/s1. The lowest BCUT2D eigenvalue weighted by molar-refractivity contribution is -0.137. The lowest BCUT2D eigenvalue weighted by Crippen LogP contribution is -2.17. The van der Waals surface area contributed by atoms with Gasteiger partial charge in [0.25, 0.3) is 0 Å². The van der Waals surface area contributed by atoms with Crippen LogP contribution in [0.5, 0.6) is 0 Å². The Morgan fingerprint density at radius 3 is 2.58 bits per heavy atom. The first-order valence-corrected chi connectivity index (χ1v) is 8.56. The van der Waals surface area contributed by atoms with Gasteiger partial charge in [-0.25, -0.2) is 9.37 Å². The zero-order valence-electron chi connectivity index (χ0n) is 14.5. The summed E-state index contributed by atoms with van der Waals surface area (Å²) >= 11 is 0. The SMILES string of the molecule is CC[C@@H](C)Nc1nc(Nc2c(F)cccc2C(F)(F)F)cc(C2CC2)n1. The van der Waals surface area contributed by atoms with Crippen LogP contribution in [0.4, 0.5) is 35.0 Å². The number of rotatable bonds is 6. The van der Waals surface area contributed by atoms with Gasteiger partial charge in [0, 0.05) is 18.0 Å². The Labute approximate surface area is 149 Å². The zero-order valence-corrected chi connectivity index (χ0v) is 14.5. The van der Waals surface area contributed by atoms with Gasteiger partial charge in [-0.15, -0.1) is 0 Å². The molecule has 8 heteroatoms. The molecule has 1 atom stereocenters. The molecule has 0 amide bonds. The maximum absolute atomic E-state index is 14.1. The van der Waals surface area contributed by atoms with E-state index in [1.54, 1.807) is 6.07 Å². The third-order valence-electron chi connectivity index (χ3n) is 4.30. The minimum absolute atomic E-state index is 0.108. The number of benzene rings is 1. The Kier molecular flexibility index (Phi) is 5.02. The van der Waals surface area contributed by atoms with Crippen LogP contribution in [0, 0.1) is 5.82 Å². The minimum atomic E-state index is -4.67. The fourth-order valence-electron chi connectivity index (χ4n) is 2.52. The van der Waals surface area contributed by atoms with E-state index < -0.39 is 23.2 Å². The van der Waals surface area contributed by atoms with Gasteiger partial charge in [0.1, 0.15) is 11.6 Å². The number of para-hydroxylation sites is 1. The van der Waals surface area contributed by atoms with Gasteiger partial charge in [-0.3, -0.25) is 0 Å². The fourth-order valence-corrected chi connectivity index (χ4v) is 2.52. The maximum Gasteiger partial charge on any atom is 0.418 e. The van der Waals surface area contributed by atoms with E-state index >= 15 is 0 Å². The molecule has 0 bridgehead atoms. The van der Waals surface area contributed by atoms with E-state index in [9.17, 15) is 17.6 Å². The van der Waals surface area contributed by atoms with Crippen molar-refractivity contribution in [3.05, 3.63) is 41.3 Å². The van der Waals surface area contributed by atoms with Crippen molar-refractivity contribution in [1.29, 1.82) is 0 Å². The van der Waals surface area contributed by atoms with Gasteiger partial charge in [0.2, 0.25) is 5.95 Å². The summed E-state index contributed by atoms with van der Waals surface area (Å²) in [5.74, 6) is -0.235. The van der Waals surface area contributed by atoms with E-state index in [0.717, 1.165) is 43.2 Å². The molecule has 1 fully saturated rings. The Morgan fingerprint density at radius 1 is 1.23 bits per heavy atom. The number of alkyl halides is 3. The molecule has 1 aliphatic carbocycles. The Hall–Kier alpha value is -2.38. The predicted octanol–water partition coefficient (Wildman–Crippen LogP) is 5.47. The van der Waals surface area contributed by atoms with Crippen LogP contribution in [0.1, 0.15) is 50.3 Å². The molecule has 0 spiro atoms. The molecule has 0 radical (unpaired) electrons. The number of anilines is 3. The summed E-state index contributed by atoms with van der Waals surface area (Å²) in [5, 5.41) is 5.64. The molecular weight excluding hydrogens is 348 g/mol. The molecule has 1 aliphatic rings. The second kappa shape index (κ2) is 7.09. The van der Waals surface area contributed by atoms with Crippen LogP contribution in [0.25, 0.3) is 0 Å². The van der Waals surface area contributed by atoms with E-state index in [-0.39, 0.29) is 17.8 Å². The lowest BCUT2D eigenvalue weighted by Gasteiger charge is -2.17. The number of nitrogens with zero attached hydrogens (tertiary/aromatic N) is 2. The third-order valence-corrected chi connectivity index (χ3v) is 4.30. The maximum atomic E-state index is 14.1. The Morgan fingerprint density at radius 2 is 1.96 bits per heavy atom. The first kappa shape index (κ1) is 18.4. The number of hydrogen-bond acceptors (Lipinski definition) is 4. The van der Waals surface area contributed by atoms with E-state index in [4.69, 9.17) is 0 Å². The highest BCUT2D eigenvalue weighted by molar-refractivity contribution is 5.63. The molecule has 2 N–H and O–H groups in total. The highest BCUT2D eigenvalue weighted by Gasteiger charge is 2.35. The summed E-state index contributed by atoms with van der Waals surface area (Å²) in [4.78, 5) is 8.66. The summed E-state index contributed by atoms with van der Waals surface area (Å²) in [7, 11) is 0. The van der Waals surface area contributed by atoms with Gasteiger partial charge >= 0.3 is 6.18 Å². The largest absolute Gasteiger partial charge is 0.418 e. The summed E-state index contributed by atoms with van der Waals surface area (Å²) in [6.07, 6.45) is -1.88. The van der Waals surface area contributed by atoms with Crippen molar-refractivity contribution < 1.29 is 17.6 Å². The Balaban J connectivity index is 1.97. The van der Waals surface area contributed by atoms with Gasteiger partial charge in [-0.2, -0.15) is 18.2 Å². The second-order valence-electron chi connectivity index (χ2n) is 6.51. The van der Waals surface area contributed by atoms with Gasteiger partial charge in [0.15, 0.2) is 0 Å². The normalized spacial score (nSPS) is 15.6. The molecule has 4 nitrogen and oxygen atoms in total. The second-order valence-corrected chi connectivity index (χ2v) is 6.51. The minimum Gasteiger partial charge on any atom is -0.352 e. The lowest BCUT2D eigenvalue weighted by atomic mass is 10.1. The molecule has 3 rings (SSSR count). The van der Waals surface area contributed by atoms with E-state index in [2.05, 4.69) is 20.6 Å². The number of hydrogen-bond donors (Lipinski definition) is 2. The molecule has 1 saturated carbocycles. The molecule has 1 aromatic carbocycles. The van der Waals surface area contributed by atoms with Crippen LogP contribution >= 0.6 is 0 Å². The fraction of sp³-hybridized carbons (Fsp3) is 0.444.